The minimum Gasteiger partial charge on any atom is -0.469 e. The summed E-state index contributed by atoms with van der Waals surface area (Å²) in [5, 5.41) is 0. The molecule has 1 aromatic heterocycles. The third kappa shape index (κ3) is 3.52. The summed E-state index contributed by atoms with van der Waals surface area (Å²) in [5.41, 5.74) is 3.00. The number of halogens is 1. The highest BCUT2D eigenvalue weighted by atomic mass is 79.9. The van der Waals surface area contributed by atoms with Crippen molar-refractivity contribution >= 4 is 31.9 Å². The van der Waals surface area contributed by atoms with E-state index in [1.165, 1.54) is 18.4 Å². The average Bonchev–Trinajstić information content (AvgIpc) is 2.85. The van der Waals surface area contributed by atoms with Crippen molar-refractivity contribution in [1.29, 1.82) is 0 Å². The van der Waals surface area contributed by atoms with Gasteiger partial charge in [0.2, 0.25) is 0 Å². The molecule has 2 aromatic rings. The van der Waals surface area contributed by atoms with Crippen molar-refractivity contribution < 1.29 is 17.6 Å². The molecule has 0 unspecified atom stereocenters. The van der Waals surface area contributed by atoms with Gasteiger partial charge in [-0.3, -0.25) is 10.2 Å². The van der Waals surface area contributed by atoms with Gasteiger partial charge in [-0.2, -0.15) is 0 Å². The van der Waals surface area contributed by atoms with E-state index in [4.69, 9.17) is 4.42 Å². The van der Waals surface area contributed by atoms with Crippen LogP contribution < -0.4 is 10.3 Å². The molecule has 2 N–H and O–H groups in total. The molecule has 1 aromatic carbocycles. The largest absolute Gasteiger partial charge is 0.469 e. The van der Waals surface area contributed by atoms with Gasteiger partial charge in [0.25, 0.3) is 15.9 Å². The molecule has 6 nitrogen and oxygen atoms in total. The molecule has 1 heterocycles. The SMILES string of the molecule is Cc1ccc(Br)cc1S(=O)(=O)NNC(=O)c1ccoc1C. The highest BCUT2D eigenvalue weighted by Gasteiger charge is 2.19. The summed E-state index contributed by atoms with van der Waals surface area (Å²) in [7, 11) is -3.85. The van der Waals surface area contributed by atoms with Gasteiger partial charge in [0.05, 0.1) is 16.7 Å². The Hall–Kier alpha value is -1.64. The molecule has 1 amide bonds. The molecule has 0 atom stereocenters. The quantitative estimate of drug-likeness (QED) is 0.805. The van der Waals surface area contributed by atoms with E-state index in [0.717, 1.165) is 0 Å². The highest BCUT2D eigenvalue weighted by Crippen LogP contribution is 2.20. The van der Waals surface area contributed by atoms with Crippen LogP contribution in [-0.4, -0.2) is 14.3 Å². The van der Waals surface area contributed by atoms with Crippen LogP contribution in [-0.2, 0) is 10.0 Å². The minimum atomic E-state index is -3.85. The smallest absolute Gasteiger partial charge is 0.269 e. The molecule has 21 heavy (non-hydrogen) atoms. The lowest BCUT2D eigenvalue weighted by Crippen LogP contribution is -2.41. The number of hydrazine groups is 1. The first-order valence-corrected chi connectivity index (χ1v) is 8.21. The first kappa shape index (κ1) is 15.7. The lowest BCUT2D eigenvalue weighted by Gasteiger charge is -2.10. The molecule has 112 valence electrons. The van der Waals surface area contributed by atoms with Crippen molar-refractivity contribution in [3.63, 3.8) is 0 Å². The van der Waals surface area contributed by atoms with E-state index in [1.807, 2.05) is 0 Å². The highest BCUT2D eigenvalue weighted by molar-refractivity contribution is 9.10. The van der Waals surface area contributed by atoms with Crippen LogP contribution in [0.25, 0.3) is 0 Å². The molecule has 0 saturated carbocycles. The number of hydrogen-bond acceptors (Lipinski definition) is 4. The maximum absolute atomic E-state index is 12.2. The summed E-state index contributed by atoms with van der Waals surface area (Å²) in [5.74, 6) is -0.178. The molecular weight excluding hydrogens is 360 g/mol. The Morgan fingerprint density at radius 3 is 2.57 bits per heavy atom. The van der Waals surface area contributed by atoms with E-state index in [9.17, 15) is 13.2 Å². The van der Waals surface area contributed by atoms with Crippen LogP contribution in [0.4, 0.5) is 0 Å². The molecule has 0 bridgehead atoms. The second-order valence-electron chi connectivity index (χ2n) is 4.36. The molecule has 0 aliphatic carbocycles. The first-order chi connectivity index (χ1) is 9.81. The van der Waals surface area contributed by atoms with Gasteiger partial charge >= 0.3 is 0 Å². The monoisotopic (exact) mass is 372 g/mol. The summed E-state index contributed by atoms with van der Waals surface area (Å²) in [6, 6.07) is 6.33. The number of furan rings is 1. The number of nitrogens with one attached hydrogen (secondary N) is 2. The van der Waals surface area contributed by atoms with Gasteiger partial charge in [-0.1, -0.05) is 22.0 Å². The average molecular weight is 373 g/mol. The third-order valence-electron chi connectivity index (χ3n) is 2.84. The van der Waals surface area contributed by atoms with Gasteiger partial charge < -0.3 is 4.42 Å². The number of sulfonamides is 1. The van der Waals surface area contributed by atoms with E-state index in [2.05, 4.69) is 26.2 Å². The number of carbonyl (C=O) groups is 1. The normalized spacial score (nSPS) is 11.4. The second kappa shape index (κ2) is 6.00. The lowest BCUT2D eigenvalue weighted by molar-refractivity contribution is 0.0943. The van der Waals surface area contributed by atoms with Crippen LogP contribution >= 0.6 is 15.9 Å². The summed E-state index contributed by atoms with van der Waals surface area (Å²) >= 11 is 3.22. The predicted octanol–water partition coefficient (Wildman–Crippen LogP) is 2.28. The zero-order valence-corrected chi connectivity index (χ0v) is 13.7. The maximum Gasteiger partial charge on any atom is 0.269 e. The molecular formula is C13H13BrN2O4S. The van der Waals surface area contributed by atoms with Crippen molar-refractivity contribution in [1.82, 2.24) is 10.3 Å². The Kier molecular flexibility index (Phi) is 4.50. The fraction of sp³-hybridized carbons (Fsp3) is 0.154. The zero-order valence-electron chi connectivity index (χ0n) is 11.3. The Bertz CT molecular complexity index is 783. The first-order valence-electron chi connectivity index (χ1n) is 5.93. The number of carbonyl (C=O) groups excluding carboxylic acids is 1. The number of aryl methyl sites for hydroxylation is 2. The topological polar surface area (TPSA) is 88.4 Å². The lowest BCUT2D eigenvalue weighted by atomic mass is 10.2. The van der Waals surface area contributed by atoms with Crippen molar-refractivity contribution in [3.05, 3.63) is 51.9 Å². The molecule has 0 aliphatic heterocycles. The van der Waals surface area contributed by atoms with Crippen molar-refractivity contribution in [2.24, 2.45) is 0 Å². The predicted molar refractivity (Wildman–Crippen MR) is 80.1 cm³/mol. The van der Waals surface area contributed by atoms with Crippen molar-refractivity contribution in [2.45, 2.75) is 18.7 Å². The molecule has 0 radical (unpaired) electrons. The van der Waals surface area contributed by atoms with Gasteiger partial charge in [-0.15, -0.1) is 4.83 Å². The van der Waals surface area contributed by atoms with Crippen LogP contribution in [0.5, 0.6) is 0 Å². The van der Waals surface area contributed by atoms with E-state index < -0.39 is 15.9 Å². The Morgan fingerprint density at radius 1 is 1.24 bits per heavy atom. The van der Waals surface area contributed by atoms with Gasteiger partial charge in [-0.25, -0.2) is 8.42 Å². The molecule has 0 saturated heterocycles. The number of benzene rings is 1. The molecule has 0 spiro atoms. The minimum absolute atomic E-state index is 0.0843. The Labute approximate surface area is 130 Å². The zero-order chi connectivity index (χ0) is 15.6. The van der Waals surface area contributed by atoms with Gasteiger partial charge in [0.15, 0.2) is 0 Å². The number of hydrogen-bond donors (Lipinski definition) is 2. The fourth-order valence-corrected chi connectivity index (χ4v) is 3.34. The summed E-state index contributed by atoms with van der Waals surface area (Å²) in [4.78, 5) is 14.0. The van der Waals surface area contributed by atoms with Crippen LogP contribution in [0.1, 0.15) is 21.7 Å². The van der Waals surface area contributed by atoms with E-state index in [-0.39, 0.29) is 10.5 Å². The van der Waals surface area contributed by atoms with Crippen LogP contribution in [0, 0.1) is 13.8 Å². The molecule has 0 aliphatic rings. The standard InChI is InChI=1S/C13H13BrN2O4S/c1-8-3-4-10(14)7-12(8)21(18,19)16-15-13(17)11-5-6-20-9(11)2/h3-7,16H,1-2H3,(H,15,17). The van der Waals surface area contributed by atoms with E-state index >= 15 is 0 Å². The fourth-order valence-electron chi connectivity index (χ4n) is 1.72. The van der Waals surface area contributed by atoms with Crippen LogP contribution in [0.3, 0.4) is 0 Å². The van der Waals surface area contributed by atoms with Crippen LogP contribution in [0.2, 0.25) is 0 Å². The third-order valence-corrected chi connectivity index (χ3v) is 4.72. The second-order valence-corrected chi connectivity index (χ2v) is 6.93. The van der Waals surface area contributed by atoms with Gasteiger partial charge in [-0.05, 0) is 37.6 Å². The summed E-state index contributed by atoms with van der Waals surface area (Å²) < 4.78 is 30.0. The summed E-state index contributed by atoms with van der Waals surface area (Å²) in [6.07, 6.45) is 1.36. The van der Waals surface area contributed by atoms with Crippen LogP contribution in [0.15, 0.2) is 44.3 Å². The van der Waals surface area contributed by atoms with Gasteiger partial charge in [0, 0.05) is 4.47 Å². The molecule has 8 heteroatoms. The Morgan fingerprint density at radius 2 is 1.95 bits per heavy atom. The van der Waals surface area contributed by atoms with E-state index in [1.54, 1.807) is 26.0 Å². The maximum atomic E-state index is 12.2. The number of rotatable bonds is 4. The summed E-state index contributed by atoms with van der Waals surface area (Å²) in [6.45, 7) is 3.28. The molecule has 2 rings (SSSR count). The number of amides is 1. The Balaban J connectivity index is 2.17. The molecule has 0 fully saturated rings. The van der Waals surface area contributed by atoms with Crippen molar-refractivity contribution in [3.8, 4) is 0 Å². The van der Waals surface area contributed by atoms with E-state index in [0.29, 0.717) is 15.8 Å². The van der Waals surface area contributed by atoms with Gasteiger partial charge in [0.1, 0.15) is 5.76 Å². The van der Waals surface area contributed by atoms with Crippen molar-refractivity contribution in [2.75, 3.05) is 0 Å².